The minimum atomic E-state index is 0.0778. The van der Waals surface area contributed by atoms with E-state index in [1.165, 1.54) is 11.1 Å². The Balaban J connectivity index is 1.95. The zero-order valence-corrected chi connectivity index (χ0v) is 15.7. The fourth-order valence-corrected chi connectivity index (χ4v) is 3.99. The van der Waals surface area contributed by atoms with Gasteiger partial charge in [-0.15, -0.1) is 0 Å². The molecule has 0 aliphatic heterocycles. The first-order valence-electron chi connectivity index (χ1n) is 8.87. The summed E-state index contributed by atoms with van der Waals surface area (Å²) in [6.07, 6.45) is 3.27. The number of hydrogen-bond donors (Lipinski definition) is 0. The second kappa shape index (κ2) is 8.34. The molecule has 0 saturated heterocycles. The Labute approximate surface area is 153 Å². The fraction of sp³-hybridized carbons (Fsp3) is 0.333. The van der Waals surface area contributed by atoms with Crippen LogP contribution in [-0.2, 0) is 12.3 Å². The van der Waals surface area contributed by atoms with E-state index in [1.54, 1.807) is 11.8 Å². The van der Waals surface area contributed by atoms with Crippen LogP contribution in [0.1, 0.15) is 37.3 Å². The summed E-state index contributed by atoms with van der Waals surface area (Å²) < 4.78 is 1.86. The molecule has 3 rings (SSSR count). The molecular weight excluding hydrogens is 328 g/mol. The third kappa shape index (κ3) is 4.13. The first-order valence-corrected chi connectivity index (χ1v) is 9.86. The van der Waals surface area contributed by atoms with Gasteiger partial charge in [-0.05, 0) is 36.6 Å². The van der Waals surface area contributed by atoms with E-state index < -0.39 is 0 Å². The lowest BCUT2D eigenvalue weighted by Gasteiger charge is -2.13. The summed E-state index contributed by atoms with van der Waals surface area (Å²) in [5, 5.41) is 1.53. The molecule has 0 N–H and O–H groups in total. The molecule has 0 aliphatic carbocycles. The van der Waals surface area contributed by atoms with E-state index >= 15 is 0 Å². The normalized spacial score (nSPS) is 11.1. The van der Waals surface area contributed by atoms with E-state index in [-0.39, 0.29) is 5.56 Å². The molecule has 0 amide bonds. The van der Waals surface area contributed by atoms with Crippen molar-refractivity contribution >= 4 is 22.7 Å². The predicted molar refractivity (Wildman–Crippen MR) is 106 cm³/mol. The fourth-order valence-electron chi connectivity index (χ4n) is 2.89. The summed E-state index contributed by atoms with van der Waals surface area (Å²) in [6.45, 7) is 5.04. The summed E-state index contributed by atoms with van der Waals surface area (Å²) in [7, 11) is 0. The van der Waals surface area contributed by atoms with Crippen LogP contribution in [0.5, 0.6) is 0 Å². The third-order valence-electron chi connectivity index (χ3n) is 4.43. The van der Waals surface area contributed by atoms with Crippen LogP contribution < -0.4 is 5.56 Å². The largest absolute Gasteiger partial charge is 0.287 e. The average molecular weight is 353 g/mol. The molecule has 4 heteroatoms. The number of nitrogens with zero attached hydrogens (tertiary/aromatic N) is 2. The molecule has 130 valence electrons. The van der Waals surface area contributed by atoms with E-state index in [2.05, 4.69) is 38.1 Å². The smallest absolute Gasteiger partial charge is 0.262 e. The summed E-state index contributed by atoms with van der Waals surface area (Å²) in [6, 6.07) is 16.0. The van der Waals surface area contributed by atoms with Gasteiger partial charge < -0.3 is 0 Å². The molecule has 0 fully saturated rings. The maximum Gasteiger partial charge on any atom is 0.262 e. The Morgan fingerprint density at radius 1 is 1.04 bits per heavy atom. The highest BCUT2D eigenvalue weighted by molar-refractivity contribution is 7.98. The number of benzene rings is 2. The van der Waals surface area contributed by atoms with Gasteiger partial charge in [0.2, 0.25) is 0 Å². The van der Waals surface area contributed by atoms with Crippen LogP contribution in [0, 0.1) is 6.92 Å². The maximum atomic E-state index is 12.9. The summed E-state index contributed by atoms with van der Waals surface area (Å²) in [5.74, 6) is 0.825. The van der Waals surface area contributed by atoms with Gasteiger partial charge in [-0.2, -0.15) is 0 Å². The standard InChI is InChI=1S/C21H24N2OS/c1-3-4-9-14-23-20(24)18-12-7-8-13-19(18)22-21(23)25-15-17-11-6-5-10-16(17)2/h5-8,10-13H,3-4,9,14-15H2,1-2H3. The second-order valence-corrected chi connectivity index (χ2v) is 7.23. The Morgan fingerprint density at radius 2 is 1.80 bits per heavy atom. The lowest BCUT2D eigenvalue weighted by Crippen LogP contribution is -2.23. The van der Waals surface area contributed by atoms with Crippen molar-refractivity contribution in [3.8, 4) is 0 Å². The van der Waals surface area contributed by atoms with Crippen molar-refractivity contribution < 1.29 is 0 Å². The molecule has 0 radical (unpaired) electrons. The molecule has 2 aromatic carbocycles. The van der Waals surface area contributed by atoms with Gasteiger partial charge in [-0.25, -0.2) is 4.98 Å². The first kappa shape index (κ1) is 17.7. The first-order chi connectivity index (χ1) is 12.2. The highest BCUT2D eigenvalue weighted by Crippen LogP contribution is 2.24. The minimum Gasteiger partial charge on any atom is -0.287 e. The second-order valence-electron chi connectivity index (χ2n) is 6.29. The van der Waals surface area contributed by atoms with Crippen molar-refractivity contribution in [3.63, 3.8) is 0 Å². The van der Waals surface area contributed by atoms with E-state index in [0.29, 0.717) is 5.39 Å². The summed E-state index contributed by atoms with van der Waals surface area (Å²) in [5.41, 5.74) is 3.42. The van der Waals surface area contributed by atoms with Crippen molar-refractivity contribution in [1.82, 2.24) is 9.55 Å². The van der Waals surface area contributed by atoms with E-state index in [9.17, 15) is 4.79 Å². The molecule has 1 heterocycles. The number of para-hydroxylation sites is 1. The number of unbranched alkanes of at least 4 members (excludes halogenated alkanes) is 2. The number of rotatable bonds is 7. The van der Waals surface area contributed by atoms with Crippen LogP contribution in [0.4, 0.5) is 0 Å². The molecule has 3 aromatic rings. The quantitative estimate of drug-likeness (QED) is 0.333. The average Bonchev–Trinajstić information content (AvgIpc) is 2.63. The Hall–Kier alpha value is -2.07. The topological polar surface area (TPSA) is 34.9 Å². The SMILES string of the molecule is CCCCCn1c(SCc2ccccc2C)nc2ccccc2c1=O. The van der Waals surface area contributed by atoms with Gasteiger partial charge in [0.25, 0.3) is 5.56 Å². The molecule has 0 bridgehead atoms. The molecule has 1 aromatic heterocycles. The highest BCUT2D eigenvalue weighted by Gasteiger charge is 2.11. The minimum absolute atomic E-state index is 0.0778. The van der Waals surface area contributed by atoms with Crippen LogP contribution >= 0.6 is 11.8 Å². The van der Waals surface area contributed by atoms with E-state index in [1.807, 2.05) is 28.8 Å². The molecule has 0 saturated carbocycles. The monoisotopic (exact) mass is 352 g/mol. The Kier molecular flexibility index (Phi) is 5.92. The van der Waals surface area contributed by atoms with Crippen LogP contribution in [0.25, 0.3) is 10.9 Å². The molecule has 0 spiro atoms. The third-order valence-corrected chi connectivity index (χ3v) is 5.46. The van der Waals surface area contributed by atoms with Gasteiger partial charge >= 0.3 is 0 Å². The number of thioether (sulfide) groups is 1. The molecule has 0 unspecified atom stereocenters. The van der Waals surface area contributed by atoms with Crippen LogP contribution in [0.2, 0.25) is 0 Å². The molecular formula is C21H24N2OS. The zero-order valence-electron chi connectivity index (χ0n) is 14.9. The van der Waals surface area contributed by atoms with Crippen LogP contribution in [0.3, 0.4) is 0 Å². The van der Waals surface area contributed by atoms with Crippen molar-refractivity contribution in [1.29, 1.82) is 0 Å². The number of hydrogen-bond acceptors (Lipinski definition) is 3. The van der Waals surface area contributed by atoms with Gasteiger partial charge in [0.15, 0.2) is 5.16 Å². The highest BCUT2D eigenvalue weighted by atomic mass is 32.2. The zero-order chi connectivity index (χ0) is 17.6. The van der Waals surface area contributed by atoms with Crippen LogP contribution in [0.15, 0.2) is 58.5 Å². The molecule has 0 aliphatic rings. The maximum absolute atomic E-state index is 12.9. The molecule has 25 heavy (non-hydrogen) atoms. The molecule has 0 atom stereocenters. The summed E-state index contributed by atoms with van der Waals surface area (Å²) in [4.78, 5) is 17.7. The van der Waals surface area contributed by atoms with E-state index in [0.717, 1.165) is 42.2 Å². The number of aryl methyl sites for hydroxylation is 1. The summed E-state index contributed by atoms with van der Waals surface area (Å²) >= 11 is 1.65. The lowest BCUT2D eigenvalue weighted by atomic mass is 10.1. The number of fused-ring (bicyclic) bond motifs is 1. The Morgan fingerprint density at radius 3 is 2.60 bits per heavy atom. The van der Waals surface area contributed by atoms with Gasteiger partial charge in [0, 0.05) is 12.3 Å². The predicted octanol–water partition coefficient (Wildman–Crippen LogP) is 5.19. The van der Waals surface area contributed by atoms with E-state index in [4.69, 9.17) is 4.98 Å². The molecule has 3 nitrogen and oxygen atoms in total. The lowest BCUT2D eigenvalue weighted by molar-refractivity contribution is 0.541. The van der Waals surface area contributed by atoms with Gasteiger partial charge in [0.1, 0.15) is 0 Å². The van der Waals surface area contributed by atoms with Gasteiger partial charge in [-0.1, -0.05) is 67.9 Å². The van der Waals surface area contributed by atoms with Crippen molar-refractivity contribution in [2.45, 2.75) is 50.6 Å². The van der Waals surface area contributed by atoms with Crippen molar-refractivity contribution in [3.05, 3.63) is 70.0 Å². The van der Waals surface area contributed by atoms with Crippen molar-refractivity contribution in [2.75, 3.05) is 0 Å². The van der Waals surface area contributed by atoms with Gasteiger partial charge in [0.05, 0.1) is 10.9 Å². The van der Waals surface area contributed by atoms with Crippen LogP contribution in [-0.4, -0.2) is 9.55 Å². The van der Waals surface area contributed by atoms with Gasteiger partial charge in [-0.3, -0.25) is 9.36 Å². The number of aromatic nitrogens is 2. The van der Waals surface area contributed by atoms with Crippen molar-refractivity contribution in [2.24, 2.45) is 0 Å². The Bertz CT molecular complexity index is 917.